The number of carbonyl (C=O) groups is 2. The summed E-state index contributed by atoms with van der Waals surface area (Å²) in [4.78, 5) is 51.0. The number of nitrogens with zero attached hydrogens (tertiary/aromatic N) is 1. The molecule has 4 atom stereocenters. The van der Waals surface area contributed by atoms with Gasteiger partial charge in [-0.1, -0.05) is 36.4 Å². The molecule has 0 radical (unpaired) electrons. The Morgan fingerprint density at radius 1 is 1.00 bits per heavy atom. The maximum atomic E-state index is 15.5. The number of hydrogen-bond acceptors (Lipinski definition) is 7. The van der Waals surface area contributed by atoms with E-state index in [1.807, 2.05) is 0 Å². The van der Waals surface area contributed by atoms with Crippen LogP contribution in [-0.4, -0.2) is 46.5 Å². The summed E-state index contributed by atoms with van der Waals surface area (Å²) in [5.41, 5.74) is -1.06. The van der Waals surface area contributed by atoms with Gasteiger partial charge >= 0.3 is 17.6 Å². The first kappa shape index (κ1) is 23.8. The van der Waals surface area contributed by atoms with Crippen LogP contribution in [0.4, 0.5) is 4.39 Å². The third-order valence-electron chi connectivity index (χ3n) is 5.11. The zero-order valence-corrected chi connectivity index (χ0v) is 19.6. The van der Waals surface area contributed by atoms with Gasteiger partial charge in [-0.3, -0.25) is 14.3 Å². The number of ether oxygens (including phenoxy) is 3. The number of aromatic amines is 1. The van der Waals surface area contributed by atoms with Crippen LogP contribution in [0.25, 0.3) is 0 Å². The summed E-state index contributed by atoms with van der Waals surface area (Å²) >= 11 is 1.69. The van der Waals surface area contributed by atoms with Crippen LogP contribution in [-0.2, 0) is 14.2 Å². The number of esters is 2. The monoisotopic (exact) mass is 580 g/mol. The fourth-order valence-corrected chi connectivity index (χ4v) is 3.86. The average molecular weight is 580 g/mol. The van der Waals surface area contributed by atoms with Crippen LogP contribution in [0.2, 0.25) is 0 Å². The lowest BCUT2D eigenvalue weighted by molar-refractivity contribution is -0.0592. The van der Waals surface area contributed by atoms with Crippen molar-refractivity contribution in [2.45, 2.75) is 24.6 Å². The zero-order chi connectivity index (χ0) is 24.2. The molecule has 2 aromatic carbocycles. The average Bonchev–Trinajstić information content (AvgIpc) is 3.15. The lowest BCUT2D eigenvalue weighted by Crippen LogP contribution is -2.39. The third kappa shape index (κ3) is 5.09. The first-order chi connectivity index (χ1) is 16.3. The van der Waals surface area contributed by atoms with Gasteiger partial charge in [-0.05, 0) is 46.9 Å². The molecule has 3 aromatic rings. The Balaban J connectivity index is 1.59. The van der Waals surface area contributed by atoms with Crippen molar-refractivity contribution < 1.29 is 28.2 Å². The van der Waals surface area contributed by atoms with E-state index in [2.05, 4.69) is 4.98 Å². The van der Waals surface area contributed by atoms with E-state index in [1.165, 1.54) is 12.1 Å². The normalized spacial score (nSPS) is 21.7. The van der Waals surface area contributed by atoms with Gasteiger partial charge in [-0.25, -0.2) is 18.8 Å². The molecule has 0 unspecified atom stereocenters. The molecule has 1 aliphatic rings. The molecule has 2 heterocycles. The van der Waals surface area contributed by atoms with E-state index in [1.54, 1.807) is 71.1 Å². The number of halogens is 2. The lowest BCUT2D eigenvalue weighted by atomic mass is 10.1. The number of nitrogens with one attached hydrogen (secondary N) is 1. The highest BCUT2D eigenvalue weighted by molar-refractivity contribution is 14.1. The molecule has 0 saturated carbocycles. The Kier molecular flexibility index (Phi) is 7.22. The molecule has 0 spiro atoms. The summed E-state index contributed by atoms with van der Waals surface area (Å²) in [6.45, 7) is -0.438. The smallest absolute Gasteiger partial charge is 0.338 e. The van der Waals surface area contributed by atoms with Crippen molar-refractivity contribution in [3.8, 4) is 0 Å². The van der Waals surface area contributed by atoms with Gasteiger partial charge in [0.2, 0.25) is 0 Å². The predicted molar refractivity (Wildman–Crippen MR) is 125 cm³/mol. The molecule has 34 heavy (non-hydrogen) atoms. The number of aromatic nitrogens is 2. The Hall–Kier alpha value is -3.32. The van der Waals surface area contributed by atoms with Gasteiger partial charge in [0.15, 0.2) is 18.5 Å². The summed E-state index contributed by atoms with van der Waals surface area (Å²) in [5, 5.41) is 0. The second kappa shape index (κ2) is 10.3. The Bertz CT molecular complexity index is 1300. The maximum absolute atomic E-state index is 15.5. The molecular formula is C23H18FIN2O7. The molecule has 0 bridgehead atoms. The summed E-state index contributed by atoms with van der Waals surface area (Å²) in [7, 11) is 0. The molecular weight excluding hydrogens is 562 g/mol. The quantitative estimate of drug-likeness (QED) is 0.352. The molecule has 1 aromatic heterocycles. The van der Waals surface area contributed by atoms with Crippen LogP contribution in [0, 0.1) is 3.57 Å². The Labute approximate surface area is 205 Å². The van der Waals surface area contributed by atoms with E-state index in [4.69, 9.17) is 14.2 Å². The minimum absolute atomic E-state index is 0.129. The number of alkyl halides is 1. The fraction of sp³-hybridized carbons (Fsp3) is 0.217. The van der Waals surface area contributed by atoms with Crippen molar-refractivity contribution in [3.05, 3.63) is 102 Å². The van der Waals surface area contributed by atoms with E-state index in [0.717, 1.165) is 10.8 Å². The summed E-state index contributed by atoms with van der Waals surface area (Å²) in [6, 6.07) is 16.1. The van der Waals surface area contributed by atoms with Crippen molar-refractivity contribution in [2.75, 3.05) is 6.61 Å². The van der Waals surface area contributed by atoms with Crippen LogP contribution < -0.4 is 11.2 Å². The van der Waals surface area contributed by atoms with Crippen LogP contribution in [0.3, 0.4) is 0 Å². The van der Waals surface area contributed by atoms with E-state index in [0.29, 0.717) is 0 Å². The number of rotatable bonds is 6. The van der Waals surface area contributed by atoms with Gasteiger partial charge < -0.3 is 14.2 Å². The van der Waals surface area contributed by atoms with E-state index < -0.39 is 54.4 Å². The van der Waals surface area contributed by atoms with Crippen molar-refractivity contribution in [3.63, 3.8) is 0 Å². The van der Waals surface area contributed by atoms with Crippen molar-refractivity contribution in [1.29, 1.82) is 0 Å². The van der Waals surface area contributed by atoms with Crippen molar-refractivity contribution in [2.24, 2.45) is 0 Å². The maximum Gasteiger partial charge on any atom is 0.338 e. The Morgan fingerprint density at radius 2 is 1.59 bits per heavy atom. The molecule has 0 aliphatic carbocycles. The first-order valence-electron chi connectivity index (χ1n) is 10.1. The largest absolute Gasteiger partial charge is 0.459 e. The number of hydrogen-bond donors (Lipinski definition) is 1. The van der Waals surface area contributed by atoms with Crippen LogP contribution in [0.1, 0.15) is 26.9 Å². The molecule has 176 valence electrons. The molecule has 0 amide bonds. The van der Waals surface area contributed by atoms with Gasteiger partial charge in [-0.2, -0.15) is 0 Å². The topological polar surface area (TPSA) is 117 Å². The number of carbonyl (C=O) groups excluding carboxylic acids is 2. The molecule has 9 nitrogen and oxygen atoms in total. The van der Waals surface area contributed by atoms with Crippen LogP contribution in [0.5, 0.6) is 0 Å². The zero-order valence-electron chi connectivity index (χ0n) is 17.4. The lowest BCUT2D eigenvalue weighted by Gasteiger charge is -2.19. The molecule has 1 aliphatic heterocycles. The highest BCUT2D eigenvalue weighted by Crippen LogP contribution is 2.34. The molecule has 1 saturated heterocycles. The highest BCUT2D eigenvalue weighted by atomic mass is 127. The summed E-state index contributed by atoms with van der Waals surface area (Å²) < 4.78 is 32.9. The van der Waals surface area contributed by atoms with Gasteiger partial charge in [0.05, 0.1) is 14.7 Å². The fourth-order valence-electron chi connectivity index (χ4n) is 3.42. The second-order valence-corrected chi connectivity index (χ2v) is 8.52. The molecule has 4 rings (SSSR count). The van der Waals surface area contributed by atoms with Gasteiger partial charge in [-0.15, -0.1) is 0 Å². The predicted octanol–water partition coefficient (Wildman–Crippen LogP) is 2.46. The molecule has 1 fully saturated rings. The molecule has 1 N–H and O–H groups in total. The van der Waals surface area contributed by atoms with Crippen molar-refractivity contribution in [1.82, 2.24) is 9.55 Å². The number of H-pyrrole nitrogens is 1. The first-order valence-corrected chi connectivity index (χ1v) is 11.2. The van der Waals surface area contributed by atoms with Gasteiger partial charge in [0, 0.05) is 6.20 Å². The van der Waals surface area contributed by atoms with Gasteiger partial charge in [0.1, 0.15) is 12.7 Å². The van der Waals surface area contributed by atoms with Crippen molar-refractivity contribution >= 4 is 34.5 Å². The van der Waals surface area contributed by atoms with Crippen LogP contribution >= 0.6 is 22.6 Å². The van der Waals surface area contributed by atoms with Gasteiger partial charge in [0.25, 0.3) is 5.56 Å². The Morgan fingerprint density at radius 3 is 2.21 bits per heavy atom. The van der Waals surface area contributed by atoms with E-state index in [-0.39, 0.29) is 14.7 Å². The summed E-state index contributed by atoms with van der Waals surface area (Å²) in [5.74, 6) is -1.48. The summed E-state index contributed by atoms with van der Waals surface area (Å²) in [6.07, 6.45) is -5.07. The number of benzene rings is 2. The second-order valence-electron chi connectivity index (χ2n) is 7.35. The third-order valence-corrected chi connectivity index (χ3v) is 5.87. The van der Waals surface area contributed by atoms with E-state index >= 15 is 4.39 Å². The standard InChI is InChI=1S/C23H18FIN2O7/c24-17-18(34-22(30)14-9-5-2-6-10-14)16(12-32-21(29)13-7-3-1-4-8-13)33-20(17)27-11-15(25)19(28)26-23(27)31/h1-11,16-18,20H,12H2,(H,26,28,31)/t16-,17-,18-,20-/m1/s1. The minimum Gasteiger partial charge on any atom is -0.459 e. The highest BCUT2D eigenvalue weighted by Gasteiger charge is 2.49. The van der Waals surface area contributed by atoms with E-state index in [9.17, 15) is 19.2 Å². The minimum atomic E-state index is -1.99. The SMILES string of the molecule is O=C(OC[C@H]1O[C@@H](n2cc(I)c(=O)[nH]c2=O)[C@H](F)[C@@H]1OC(=O)c1ccccc1)c1ccccc1. The van der Waals surface area contributed by atoms with Crippen LogP contribution in [0.15, 0.2) is 76.4 Å². The molecule has 11 heteroatoms.